The van der Waals surface area contributed by atoms with E-state index in [0.717, 1.165) is 12.1 Å². The number of hydrogen-bond acceptors (Lipinski definition) is 3. The fraction of sp³-hybridized carbons (Fsp3) is 0.500. The lowest BCUT2D eigenvalue weighted by Gasteiger charge is -2.19. The van der Waals surface area contributed by atoms with E-state index in [2.05, 4.69) is 5.32 Å². The van der Waals surface area contributed by atoms with Crippen molar-refractivity contribution in [1.82, 2.24) is 4.90 Å². The lowest BCUT2D eigenvalue weighted by molar-refractivity contribution is -0.137. The Morgan fingerprint density at radius 1 is 1.48 bits per heavy atom. The molecule has 7 heteroatoms. The van der Waals surface area contributed by atoms with Gasteiger partial charge in [-0.2, -0.15) is 13.2 Å². The molecule has 0 aliphatic carbocycles. The molecule has 1 heterocycles. The molecule has 1 atom stereocenters. The van der Waals surface area contributed by atoms with Crippen molar-refractivity contribution >= 4 is 11.6 Å². The summed E-state index contributed by atoms with van der Waals surface area (Å²) in [7, 11) is 1.56. The van der Waals surface area contributed by atoms with Crippen molar-refractivity contribution in [2.45, 2.75) is 12.6 Å². The van der Waals surface area contributed by atoms with Crippen molar-refractivity contribution in [3.8, 4) is 0 Å². The molecule has 0 bridgehead atoms. The van der Waals surface area contributed by atoms with Crippen molar-refractivity contribution in [1.29, 1.82) is 0 Å². The number of carbonyl (C=O) groups is 1. The predicted molar refractivity (Wildman–Crippen MR) is 72.1 cm³/mol. The zero-order chi connectivity index (χ0) is 15.6. The smallest absolute Gasteiger partial charge is 0.396 e. The Labute approximate surface area is 120 Å². The number of rotatable bonds is 3. The molecular formula is C14H17F3N2O2. The molecule has 21 heavy (non-hydrogen) atoms. The van der Waals surface area contributed by atoms with Gasteiger partial charge in [-0.05, 0) is 24.6 Å². The van der Waals surface area contributed by atoms with Crippen LogP contribution in [0.15, 0.2) is 18.2 Å². The quantitative estimate of drug-likeness (QED) is 0.900. The van der Waals surface area contributed by atoms with Gasteiger partial charge in [-0.25, -0.2) is 0 Å². The maximum absolute atomic E-state index is 12.8. The molecule has 0 spiro atoms. The molecule has 2 rings (SSSR count). The summed E-state index contributed by atoms with van der Waals surface area (Å²) in [4.78, 5) is 13.9. The molecule has 1 aromatic rings. The van der Waals surface area contributed by atoms with Crippen LogP contribution in [0, 0.1) is 5.92 Å². The number of benzene rings is 1. The topological polar surface area (TPSA) is 52.6 Å². The highest BCUT2D eigenvalue weighted by Crippen LogP contribution is 2.32. The van der Waals surface area contributed by atoms with E-state index in [0.29, 0.717) is 25.2 Å². The van der Waals surface area contributed by atoms with Gasteiger partial charge < -0.3 is 15.3 Å². The third kappa shape index (κ3) is 3.29. The molecule has 4 nitrogen and oxygen atoms in total. The molecule has 2 N–H and O–H groups in total. The third-order valence-corrected chi connectivity index (χ3v) is 3.68. The Kier molecular flexibility index (Phi) is 4.41. The van der Waals surface area contributed by atoms with Gasteiger partial charge in [0.25, 0.3) is 5.91 Å². The number of nitrogens with one attached hydrogen (secondary N) is 1. The summed E-state index contributed by atoms with van der Waals surface area (Å²) in [6.07, 6.45) is -3.82. The molecule has 0 aromatic heterocycles. The number of alkyl halides is 3. The van der Waals surface area contributed by atoms with E-state index in [9.17, 15) is 18.0 Å². The maximum atomic E-state index is 12.8. The minimum atomic E-state index is -4.49. The number of aliphatic hydroxyl groups excluding tert-OH is 1. The molecule has 1 fully saturated rings. The summed E-state index contributed by atoms with van der Waals surface area (Å²) in [5.41, 5.74) is -0.478. The Balaban J connectivity index is 2.31. The van der Waals surface area contributed by atoms with Gasteiger partial charge in [0.2, 0.25) is 0 Å². The summed E-state index contributed by atoms with van der Waals surface area (Å²) in [6.45, 7) is 0.795. The van der Waals surface area contributed by atoms with Crippen molar-refractivity contribution in [2.75, 3.05) is 32.1 Å². The fourth-order valence-electron chi connectivity index (χ4n) is 2.45. The Morgan fingerprint density at radius 3 is 2.71 bits per heavy atom. The second-order valence-corrected chi connectivity index (χ2v) is 5.10. The summed E-state index contributed by atoms with van der Waals surface area (Å²) in [5, 5.41) is 11.8. The SMILES string of the molecule is CNc1ccc(C(F)(F)F)cc1C(=O)N1CCC(CO)C1. The zero-order valence-corrected chi connectivity index (χ0v) is 11.6. The second-order valence-electron chi connectivity index (χ2n) is 5.10. The summed E-state index contributed by atoms with van der Waals surface area (Å²) in [5.74, 6) is -0.445. The van der Waals surface area contributed by atoms with E-state index in [4.69, 9.17) is 5.11 Å². The van der Waals surface area contributed by atoms with Gasteiger partial charge in [-0.15, -0.1) is 0 Å². The van der Waals surface area contributed by atoms with Crippen LogP contribution in [0.4, 0.5) is 18.9 Å². The normalized spacial score (nSPS) is 18.9. The van der Waals surface area contributed by atoms with Crippen molar-refractivity contribution in [3.63, 3.8) is 0 Å². The van der Waals surface area contributed by atoms with Gasteiger partial charge in [-0.1, -0.05) is 0 Å². The largest absolute Gasteiger partial charge is 0.416 e. The van der Waals surface area contributed by atoms with Gasteiger partial charge in [0, 0.05) is 38.3 Å². The minimum Gasteiger partial charge on any atom is -0.396 e. The van der Waals surface area contributed by atoms with Crippen LogP contribution in [0.3, 0.4) is 0 Å². The number of nitrogens with zero attached hydrogens (tertiary/aromatic N) is 1. The maximum Gasteiger partial charge on any atom is 0.416 e. The first-order valence-electron chi connectivity index (χ1n) is 6.66. The fourth-order valence-corrected chi connectivity index (χ4v) is 2.45. The van der Waals surface area contributed by atoms with Gasteiger partial charge in [-0.3, -0.25) is 4.79 Å². The second kappa shape index (κ2) is 5.93. The van der Waals surface area contributed by atoms with Crippen LogP contribution < -0.4 is 5.32 Å². The molecule has 0 radical (unpaired) electrons. The standard InChI is InChI=1S/C14H17F3N2O2/c1-18-12-3-2-10(14(15,16)17)6-11(12)13(21)19-5-4-9(7-19)8-20/h2-3,6,9,18,20H,4-5,7-8H2,1H3. The van der Waals surface area contributed by atoms with Crippen molar-refractivity contribution in [3.05, 3.63) is 29.3 Å². The van der Waals surface area contributed by atoms with Crippen LogP contribution in [0.2, 0.25) is 0 Å². The molecular weight excluding hydrogens is 285 g/mol. The summed E-state index contributed by atoms with van der Waals surface area (Å²) < 4.78 is 38.3. The van der Waals surface area contributed by atoms with Crippen LogP contribution in [-0.4, -0.2) is 42.7 Å². The van der Waals surface area contributed by atoms with E-state index in [1.807, 2.05) is 0 Å². The first-order valence-corrected chi connectivity index (χ1v) is 6.66. The number of likely N-dealkylation sites (tertiary alicyclic amines) is 1. The van der Waals surface area contributed by atoms with Crippen molar-refractivity contribution in [2.24, 2.45) is 5.92 Å². The number of anilines is 1. The Bertz CT molecular complexity index is 531. The van der Waals surface area contributed by atoms with Gasteiger partial charge in [0.05, 0.1) is 11.1 Å². The van der Waals surface area contributed by atoms with Crippen molar-refractivity contribution < 1.29 is 23.1 Å². The molecule has 1 aliphatic heterocycles. The minimum absolute atomic E-state index is 0.00205. The Hall–Kier alpha value is -1.76. The van der Waals surface area contributed by atoms with E-state index >= 15 is 0 Å². The molecule has 0 saturated carbocycles. The predicted octanol–water partition coefficient (Wildman–Crippen LogP) is 2.20. The number of hydrogen-bond donors (Lipinski definition) is 2. The highest BCUT2D eigenvalue weighted by molar-refractivity contribution is 6.00. The summed E-state index contributed by atoms with van der Waals surface area (Å²) in [6, 6.07) is 3.08. The first kappa shape index (κ1) is 15.6. The molecule has 1 aliphatic rings. The third-order valence-electron chi connectivity index (χ3n) is 3.68. The monoisotopic (exact) mass is 302 g/mol. The van der Waals surface area contributed by atoms with Crippen LogP contribution in [0.5, 0.6) is 0 Å². The zero-order valence-electron chi connectivity index (χ0n) is 11.6. The average Bonchev–Trinajstić information content (AvgIpc) is 2.93. The van der Waals surface area contributed by atoms with Crippen LogP contribution in [-0.2, 0) is 6.18 Å². The van der Waals surface area contributed by atoms with E-state index in [-0.39, 0.29) is 18.1 Å². The number of halogens is 3. The van der Waals surface area contributed by atoms with E-state index in [1.54, 1.807) is 7.05 Å². The van der Waals surface area contributed by atoms with Gasteiger partial charge >= 0.3 is 6.18 Å². The lowest BCUT2D eigenvalue weighted by atomic mass is 10.1. The first-order chi connectivity index (χ1) is 9.86. The highest BCUT2D eigenvalue weighted by atomic mass is 19.4. The number of carbonyl (C=O) groups excluding carboxylic acids is 1. The van der Waals surface area contributed by atoms with Gasteiger partial charge in [0.15, 0.2) is 0 Å². The highest BCUT2D eigenvalue weighted by Gasteiger charge is 2.33. The molecule has 1 unspecified atom stereocenters. The number of aliphatic hydroxyl groups is 1. The molecule has 1 amide bonds. The molecule has 1 saturated heterocycles. The lowest BCUT2D eigenvalue weighted by Crippen LogP contribution is -2.30. The van der Waals surface area contributed by atoms with Crippen LogP contribution in [0.1, 0.15) is 22.3 Å². The molecule has 1 aromatic carbocycles. The average molecular weight is 302 g/mol. The van der Waals surface area contributed by atoms with E-state index < -0.39 is 17.6 Å². The summed E-state index contributed by atoms with van der Waals surface area (Å²) >= 11 is 0. The van der Waals surface area contributed by atoms with Gasteiger partial charge in [0.1, 0.15) is 0 Å². The Morgan fingerprint density at radius 2 is 2.19 bits per heavy atom. The molecule has 116 valence electrons. The van der Waals surface area contributed by atoms with Crippen LogP contribution in [0.25, 0.3) is 0 Å². The number of amides is 1. The van der Waals surface area contributed by atoms with E-state index in [1.165, 1.54) is 11.0 Å². The van der Waals surface area contributed by atoms with Crippen LogP contribution >= 0.6 is 0 Å².